The molecule has 3 heteroatoms. The lowest BCUT2D eigenvalue weighted by Gasteiger charge is -2.44. The number of rotatable bonds is 10. The summed E-state index contributed by atoms with van der Waals surface area (Å²) < 4.78 is 6.40. The number of carbonyl (C=O) groups is 1. The molecule has 0 aliphatic heterocycles. The maximum atomic E-state index is 12.7. The van der Waals surface area contributed by atoms with Gasteiger partial charge < -0.3 is 9.64 Å². The SMILES string of the molecule is CCC(=O)O[C@@](Cc1ccccc1)(c1ccccc1)[C@@H](CN(C)C)[C@@H](C)CC. The van der Waals surface area contributed by atoms with E-state index in [-0.39, 0.29) is 11.9 Å². The summed E-state index contributed by atoms with van der Waals surface area (Å²) in [4.78, 5) is 14.9. The molecule has 0 unspecified atom stereocenters. The molecule has 0 N–H and O–H groups in total. The van der Waals surface area contributed by atoms with Crippen molar-refractivity contribution in [3.8, 4) is 0 Å². The molecule has 2 aromatic carbocycles. The number of esters is 1. The van der Waals surface area contributed by atoms with Crippen LogP contribution in [0.25, 0.3) is 0 Å². The van der Waals surface area contributed by atoms with Crippen molar-refractivity contribution in [2.45, 2.75) is 45.6 Å². The minimum Gasteiger partial charge on any atom is -0.453 e. The summed E-state index contributed by atoms with van der Waals surface area (Å²) >= 11 is 0. The molecule has 0 fully saturated rings. The van der Waals surface area contributed by atoms with Gasteiger partial charge in [0.2, 0.25) is 0 Å². The van der Waals surface area contributed by atoms with Crippen LogP contribution in [0.4, 0.5) is 0 Å². The zero-order chi connectivity index (χ0) is 20.6. The second-order valence-electron chi connectivity index (χ2n) is 8.00. The number of ether oxygens (including phenoxy) is 1. The molecule has 152 valence electrons. The van der Waals surface area contributed by atoms with Crippen LogP contribution in [-0.2, 0) is 21.6 Å². The molecule has 0 saturated heterocycles. The fraction of sp³-hybridized carbons (Fsp3) is 0.480. The summed E-state index contributed by atoms with van der Waals surface area (Å²) in [5.41, 5.74) is 1.56. The van der Waals surface area contributed by atoms with Crippen LogP contribution in [-0.4, -0.2) is 31.5 Å². The smallest absolute Gasteiger partial charge is 0.306 e. The zero-order valence-electron chi connectivity index (χ0n) is 18.0. The molecule has 0 saturated carbocycles. The summed E-state index contributed by atoms with van der Waals surface area (Å²) in [6, 6.07) is 20.7. The summed E-state index contributed by atoms with van der Waals surface area (Å²) in [6.45, 7) is 7.21. The van der Waals surface area contributed by atoms with Crippen LogP contribution < -0.4 is 0 Å². The van der Waals surface area contributed by atoms with E-state index in [4.69, 9.17) is 4.74 Å². The molecular weight excluding hydrogens is 346 g/mol. The van der Waals surface area contributed by atoms with E-state index in [1.807, 2.05) is 31.2 Å². The summed E-state index contributed by atoms with van der Waals surface area (Å²) in [7, 11) is 4.19. The number of nitrogens with zero attached hydrogens (tertiary/aromatic N) is 1. The third-order valence-electron chi connectivity index (χ3n) is 5.65. The first-order valence-corrected chi connectivity index (χ1v) is 10.4. The molecule has 0 radical (unpaired) electrons. The van der Waals surface area contributed by atoms with Gasteiger partial charge in [0.1, 0.15) is 5.60 Å². The quantitative estimate of drug-likeness (QED) is 0.523. The van der Waals surface area contributed by atoms with E-state index in [1.165, 1.54) is 5.56 Å². The lowest BCUT2D eigenvalue weighted by molar-refractivity contribution is -0.172. The van der Waals surface area contributed by atoms with Crippen molar-refractivity contribution in [2.75, 3.05) is 20.6 Å². The Kier molecular flexibility index (Phi) is 8.25. The first kappa shape index (κ1) is 22.2. The van der Waals surface area contributed by atoms with Crippen molar-refractivity contribution in [1.82, 2.24) is 4.90 Å². The van der Waals surface area contributed by atoms with Crippen molar-refractivity contribution in [1.29, 1.82) is 0 Å². The highest BCUT2D eigenvalue weighted by Gasteiger charge is 2.46. The average molecular weight is 382 g/mol. The highest BCUT2D eigenvalue weighted by atomic mass is 16.6. The zero-order valence-corrected chi connectivity index (χ0v) is 18.0. The Bertz CT molecular complexity index is 714. The molecule has 28 heavy (non-hydrogen) atoms. The molecule has 0 bridgehead atoms. The fourth-order valence-corrected chi connectivity index (χ4v) is 3.98. The van der Waals surface area contributed by atoms with Gasteiger partial charge in [0.25, 0.3) is 0 Å². The van der Waals surface area contributed by atoms with E-state index in [2.05, 4.69) is 69.2 Å². The predicted octanol–water partition coefficient (Wildman–Crippen LogP) is 5.30. The van der Waals surface area contributed by atoms with Crippen molar-refractivity contribution >= 4 is 5.97 Å². The maximum Gasteiger partial charge on any atom is 0.306 e. The number of hydrogen-bond acceptors (Lipinski definition) is 3. The lowest BCUT2D eigenvalue weighted by atomic mass is 9.70. The summed E-state index contributed by atoms with van der Waals surface area (Å²) in [5.74, 6) is 0.424. The Morgan fingerprint density at radius 2 is 1.57 bits per heavy atom. The normalized spacial score (nSPS) is 15.6. The highest BCUT2D eigenvalue weighted by molar-refractivity contribution is 5.70. The van der Waals surface area contributed by atoms with Gasteiger partial charge in [-0.1, -0.05) is 87.9 Å². The fourth-order valence-electron chi connectivity index (χ4n) is 3.98. The molecule has 0 spiro atoms. The van der Waals surface area contributed by atoms with Crippen molar-refractivity contribution in [3.05, 3.63) is 71.8 Å². The highest BCUT2D eigenvalue weighted by Crippen LogP contribution is 2.43. The first-order valence-electron chi connectivity index (χ1n) is 10.4. The second kappa shape index (κ2) is 10.4. The van der Waals surface area contributed by atoms with Gasteiger partial charge in [-0.2, -0.15) is 0 Å². The minimum atomic E-state index is -0.699. The molecule has 2 aromatic rings. The summed E-state index contributed by atoms with van der Waals surface area (Å²) in [6.07, 6.45) is 2.08. The number of hydrogen-bond donors (Lipinski definition) is 0. The first-order chi connectivity index (χ1) is 13.4. The number of carbonyl (C=O) groups excluding carboxylic acids is 1. The van der Waals surface area contributed by atoms with Crippen LogP contribution in [0.3, 0.4) is 0 Å². The van der Waals surface area contributed by atoms with Gasteiger partial charge in [-0.15, -0.1) is 0 Å². The maximum absolute atomic E-state index is 12.7. The molecule has 0 aliphatic rings. The second-order valence-corrected chi connectivity index (χ2v) is 8.00. The number of benzene rings is 2. The van der Waals surface area contributed by atoms with E-state index in [9.17, 15) is 4.79 Å². The van der Waals surface area contributed by atoms with Gasteiger partial charge in [0, 0.05) is 25.3 Å². The van der Waals surface area contributed by atoms with E-state index in [0.717, 1.165) is 18.5 Å². The van der Waals surface area contributed by atoms with Crippen LogP contribution in [0.1, 0.15) is 44.7 Å². The van der Waals surface area contributed by atoms with E-state index >= 15 is 0 Å². The monoisotopic (exact) mass is 381 g/mol. The van der Waals surface area contributed by atoms with E-state index in [1.54, 1.807) is 0 Å². The Hall–Kier alpha value is -2.13. The third-order valence-corrected chi connectivity index (χ3v) is 5.65. The van der Waals surface area contributed by atoms with Crippen LogP contribution in [0.2, 0.25) is 0 Å². The van der Waals surface area contributed by atoms with Gasteiger partial charge in [-0.3, -0.25) is 4.79 Å². The van der Waals surface area contributed by atoms with Crippen LogP contribution >= 0.6 is 0 Å². The molecule has 0 aromatic heterocycles. The Labute approximate surface area is 170 Å². The lowest BCUT2D eigenvalue weighted by Crippen LogP contribution is -2.48. The van der Waals surface area contributed by atoms with Gasteiger partial charge >= 0.3 is 5.97 Å². The molecule has 3 nitrogen and oxygen atoms in total. The van der Waals surface area contributed by atoms with Gasteiger partial charge in [-0.25, -0.2) is 0 Å². The predicted molar refractivity (Wildman–Crippen MR) is 116 cm³/mol. The Balaban J connectivity index is 2.67. The molecule has 0 aliphatic carbocycles. The topological polar surface area (TPSA) is 29.5 Å². The minimum absolute atomic E-state index is 0.146. The Morgan fingerprint density at radius 3 is 2.07 bits per heavy atom. The molecule has 2 rings (SSSR count). The molecule has 0 heterocycles. The molecule has 0 amide bonds. The van der Waals surface area contributed by atoms with Gasteiger partial charge in [0.05, 0.1) is 0 Å². The van der Waals surface area contributed by atoms with E-state index in [0.29, 0.717) is 18.8 Å². The van der Waals surface area contributed by atoms with Crippen LogP contribution in [0, 0.1) is 11.8 Å². The van der Waals surface area contributed by atoms with Crippen molar-refractivity contribution in [2.24, 2.45) is 11.8 Å². The van der Waals surface area contributed by atoms with Crippen LogP contribution in [0.15, 0.2) is 60.7 Å². The van der Waals surface area contributed by atoms with E-state index < -0.39 is 5.60 Å². The molecule has 3 atom stereocenters. The third kappa shape index (κ3) is 5.45. The largest absolute Gasteiger partial charge is 0.453 e. The average Bonchev–Trinajstić information content (AvgIpc) is 2.72. The van der Waals surface area contributed by atoms with Crippen molar-refractivity contribution in [3.63, 3.8) is 0 Å². The van der Waals surface area contributed by atoms with Gasteiger partial charge in [-0.05, 0) is 31.1 Å². The van der Waals surface area contributed by atoms with Crippen molar-refractivity contribution < 1.29 is 9.53 Å². The Morgan fingerprint density at radius 1 is 1.00 bits per heavy atom. The van der Waals surface area contributed by atoms with Gasteiger partial charge in [0.15, 0.2) is 0 Å². The van der Waals surface area contributed by atoms with Crippen LogP contribution in [0.5, 0.6) is 0 Å². The standard InChI is InChI=1S/C25H35NO2/c1-6-20(3)23(19-26(4)5)25(28-24(27)7-2,22-16-12-9-13-17-22)18-21-14-10-8-11-15-21/h8-17,20,23H,6-7,18-19H2,1-5H3/t20-,23-,25-/m0/s1. The molecular formula is C25H35NO2. The summed E-state index contributed by atoms with van der Waals surface area (Å²) in [5, 5.41) is 0.